The van der Waals surface area contributed by atoms with Crippen LogP contribution >= 0.6 is 7.26 Å². The fraction of sp³-hybridized carbons (Fsp3) is 0.0714. The van der Waals surface area contributed by atoms with Crippen LogP contribution in [-0.4, -0.2) is 9.97 Å². The zero-order chi connectivity index (χ0) is 21.1. The van der Waals surface area contributed by atoms with E-state index in [1.165, 1.54) is 15.9 Å². The molecule has 150 valence electrons. The zero-order valence-electron chi connectivity index (χ0n) is 17.5. The molecule has 0 unspecified atom stereocenters. The highest BCUT2D eigenvalue weighted by atomic mass is 31.2. The van der Waals surface area contributed by atoms with Gasteiger partial charge in [-0.15, -0.1) is 0 Å². The van der Waals surface area contributed by atoms with E-state index in [1.54, 1.807) is 0 Å². The van der Waals surface area contributed by atoms with E-state index in [1.807, 2.05) is 18.2 Å². The number of para-hydroxylation sites is 2. The first-order valence-electron chi connectivity index (χ1n) is 10.5. The van der Waals surface area contributed by atoms with Gasteiger partial charge < -0.3 is 0 Å². The molecule has 0 radical (unpaired) electrons. The second kappa shape index (κ2) is 8.41. The molecular formula is C28H24N2P+. The predicted octanol–water partition coefficient (Wildman–Crippen LogP) is 5.43. The van der Waals surface area contributed by atoms with E-state index in [2.05, 4.69) is 104 Å². The van der Waals surface area contributed by atoms with Gasteiger partial charge in [-0.05, 0) is 55.5 Å². The van der Waals surface area contributed by atoms with Crippen LogP contribution in [0.3, 0.4) is 0 Å². The van der Waals surface area contributed by atoms with E-state index in [-0.39, 0.29) is 0 Å². The van der Waals surface area contributed by atoms with Crippen molar-refractivity contribution in [2.45, 2.75) is 13.1 Å². The summed E-state index contributed by atoms with van der Waals surface area (Å²) in [5.74, 6) is 0. The average molecular weight is 419 g/mol. The molecule has 0 amide bonds. The topological polar surface area (TPSA) is 25.8 Å². The van der Waals surface area contributed by atoms with Crippen LogP contribution in [0.25, 0.3) is 11.0 Å². The van der Waals surface area contributed by atoms with Crippen LogP contribution in [0.15, 0.2) is 115 Å². The molecule has 0 fully saturated rings. The molecule has 5 rings (SSSR count). The number of rotatable bonds is 5. The Morgan fingerprint density at radius 3 is 1.35 bits per heavy atom. The molecule has 0 aliphatic heterocycles. The fourth-order valence-electron chi connectivity index (χ4n) is 4.27. The Bertz CT molecular complexity index is 1210. The highest BCUT2D eigenvalue weighted by Gasteiger charge is 2.46. The Labute approximate surface area is 184 Å². The summed E-state index contributed by atoms with van der Waals surface area (Å²) < 4.78 is 0. The van der Waals surface area contributed by atoms with Crippen molar-refractivity contribution in [3.05, 3.63) is 127 Å². The Kier molecular flexibility index (Phi) is 5.32. The van der Waals surface area contributed by atoms with Gasteiger partial charge >= 0.3 is 0 Å². The van der Waals surface area contributed by atoms with Crippen molar-refractivity contribution >= 4 is 34.2 Å². The van der Waals surface area contributed by atoms with Crippen LogP contribution in [0.1, 0.15) is 11.4 Å². The molecular weight excluding hydrogens is 395 g/mol. The van der Waals surface area contributed by atoms with Gasteiger partial charge in [0.1, 0.15) is 35.0 Å². The van der Waals surface area contributed by atoms with Gasteiger partial charge in [-0.2, -0.15) is 0 Å². The third-order valence-electron chi connectivity index (χ3n) is 5.82. The van der Waals surface area contributed by atoms with Gasteiger partial charge in [-0.1, -0.05) is 66.7 Å². The summed E-state index contributed by atoms with van der Waals surface area (Å²) in [6.07, 6.45) is 0.842. The highest BCUT2D eigenvalue weighted by molar-refractivity contribution is 7.95. The third-order valence-corrected chi connectivity index (χ3v) is 10.1. The monoisotopic (exact) mass is 419 g/mol. The zero-order valence-corrected chi connectivity index (χ0v) is 18.4. The summed E-state index contributed by atoms with van der Waals surface area (Å²) in [6, 6.07) is 41.0. The van der Waals surface area contributed by atoms with Crippen molar-refractivity contribution in [3.8, 4) is 0 Å². The molecule has 0 atom stereocenters. The summed E-state index contributed by atoms with van der Waals surface area (Å²) in [5, 5.41) is 4.09. The Morgan fingerprint density at radius 2 is 0.903 bits per heavy atom. The SMILES string of the molecule is Cc1nc2ccccc2nc1C[P+](c1ccccc1)(c1ccccc1)c1ccccc1. The van der Waals surface area contributed by atoms with Crippen LogP contribution in [0.4, 0.5) is 0 Å². The molecule has 5 aromatic rings. The minimum Gasteiger partial charge on any atom is -0.249 e. The molecule has 3 heteroatoms. The van der Waals surface area contributed by atoms with Crippen LogP contribution < -0.4 is 15.9 Å². The lowest BCUT2D eigenvalue weighted by atomic mass is 10.2. The lowest BCUT2D eigenvalue weighted by Crippen LogP contribution is -2.33. The quantitative estimate of drug-likeness (QED) is 0.355. The molecule has 1 heterocycles. The van der Waals surface area contributed by atoms with Crippen molar-refractivity contribution in [2.75, 3.05) is 0 Å². The predicted molar refractivity (Wildman–Crippen MR) is 133 cm³/mol. The number of hydrogen-bond donors (Lipinski definition) is 0. The van der Waals surface area contributed by atoms with Crippen LogP contribution in [0, 0.1) is 6.92 Å². The third kappa shape index (κ3) is 3.65. The molecule has 2 nitrogen and oxygen atoms in total. The number of aryl methyl sites for hydroxylation is 1. The van der Waals surface area contributed by atoms with E-state index < -0.39 is 7.26 Å². The van der Waals surface area contributed by atoms with E-state index in [4.69, 9.17) is 9.97 Å². The number of hydrogen-bond acceptors (Lipinski definition) is 2. The van der Waals surface area contributed by atoms with E-state index in [0.717, 1.165) is 28.6 Å². The summed E-state index contributed by atoms with van der Waals surface area (Å²) in [6.45, 7) is 2.09. The standard InChI is InChI=1S/C28H24N2P/c1-22-28(30-27-20-12-11-19-26(27)29-22)21-31(23-13-5-2-6-14-23,24-15-7-3-8-16-24)25-17-9-4-10-18-25/h2-20H,21H2,1H3/q+1. The van der Waals surface area contributed by atoms with Gasteiger partial charge in [0.05, 0.1) is 16.7 Å². The Morgan fingerprint density at radius 1 is 0.516 bits per heavy atom. The van der Waals surface area contributed by atoms with Gasteiger partial charge in [0.2, 0.25) is 0 Å². The van der Waals surface area contributed by atoms with Crippen molar-refractivity contribution < 1.29 is 0 Å². The Hall–Kier alpha value is -3.35. The molecule has 31 heavy (non-hydrogen) atoms. The second-order valence-corrected chi connectivity index (χ2v) is 11.2. The van der Waals surface area contributed by atoms with Gasteiger partial charge in [-0.3, -0.25) is 0 Å². The maximum atomic E-state index is 5.10. The molecule has 4 aromatic carbocycles. The Balaban J connectivity index is 1.79. The summed E-state index contributed by atoms with van der Waals surface area (Å²) in [5.41, 5.74) is 3.98. The highest BCUT2D eigenvalue weighted by Crippen LogP contribution is 2.58. The molecule has 0 aliphatic carbocycles. The van der Waals surface area contributed by atoms with Crippen LogP contribution in [0.2, 0.25) is 0 Å². The first-order valence-corrected chi connectivity index (χ1v) is 12.5. The molecule has 0 N–H and O–H groups in total. The lowest BCUT2D eigenvalue weighted by molar-refractivity contribution is 1.08. The summed E-state index contributed by atoms with van der Waals surface area (Å²) in [7, 11) is -1.98. The van der Waals surface area contributed by atoms with Gasteiger partial charge in [0.15, 0.2) is 0 Å². The number of aromatic nitrogens is 2. The van der Waals surface area contributed by atoms with Crippen molar-refractivity contribution in [1.29, 1.82) is 0 Å². The first kappa shape index (κ1) is 19.6. The van der Waals surface area contributed by atoms with Crippen molar-refractivity contribution in [2.24, 2.45) is 0 Å². The van der Waals surface area contributed by atoms with Crippen LogP contribution in [0.5, 0.6) is 0 Å². The maximum absolute atomic E-state index is 5.10. The largest absolute Gasteiger partial charge is 0.249 e. The minimum atomic E-state index is -1.98. The molecule has 0 saturated carbocycles. The van der Waals surface area contributed by atoms with Gasteiger partial charge in [-0.25, -0.2) is 9.97 Å². The van der Waals surface area contributed by atoms with Gasteiger partial charge in [0.25, 0.3) is 0 Å². The van der Waals surface area contributed by atoms with Crippen molar-refractivity contribution in [3.63, 3.8) is 0 Å². The first-order chi connectivity index (χ1) is 15.3. The smallest absolute Gasteiger partial charge is 0.118 e. The number of nitrogens with zero attached hydrogens (tertiary/aromatic N) is 2. The fourth-order valence-corrected chi connectivity index (χ4v) is 8.50. The molecule has 1 aromatic heterocycles. The van der Waals surface area contributed by atoms with E-state index in [9.17, 15) is 0 Å². The lowest BCUT2D eigenvalue weighted by Gasteiger charge is -2.27. The normalized spacial score (nSPS) is 11.5. The molecule has 0 aliphatic rings. The van der Waals surface area contributed by atoms with E-state index in [0.29, 0.717) is 0 Å². The average Bonchev–Trinajstić information content (AvgIpc) is 2.84. The summed E-state index contributed by atoms with van der Waals surface area (Å²) in [4.78, 5) is 10.00. The molecule has 0 spiro atoms. The second-order valence-electron chi connectivity index (χ2n) is 7.72. The van der Waals surface area contributed by atoms with Crippen molar-refractivity contribution in [1.82, 2.24) is 9.97 Å². The minimum absolute atomic E-state index is 0.842. The van der Waals surface area contributed by atoms with Crippen LogP contribution in [-0.2, 0) is 6.16 Å². The molecule has 0 bridgehead atoms. The maximum Gasteiger partial charge on any atom is 0.118 e. The summed E-state index contributed by atoms with van der Waals surface area (Å²) >= 11 is 0. The number of fused-ring (bicyclic) bond motifs is 1. The molecule has 0 saturated heterocycles. The van der Waals surface area contributed by atoms with E-state index >= 15 is 0 Å². The number of benzene rings is 4. The van der Waals surface area contributed by atoms with Gasteiger partial charge in [0, 0.05) is 0 Å².